The molecule has 2 bridgehead atoms. The summed E-state index contributed by atoms with van der Waals surface area (Å²) in [7, 11) is 0. The van der Waals surface area contributed by atoms with Crippen LogP contribution in [-0.2, 0) is 38.1 Å². The molecule has 0 spiro atoms. The van der Waals surface area contributed by atoms with Gasteiger partial charge in [0.15, 0.2) is 18.5 Å². The number of carbonyl (C=O) groups excluding carboxylic acids is 2. The van der Waals surface area contributed by atoms with Gasteiger partial charge in [-0.05, 0) is 86.4 Å². The molecule has 15 nitrogen and oxygen atoms in total. The Morgan fingerprint density at radius 3 is 2.17 bits per heavy atom. The van der Waals surface area contributed by atoms with Crippen LogP contribution in [0.5, 0.6) is 0 Å². The van der Waals surface area contributed by atoms with Crippen LogP contribution in [-0.4, -0.2) is 128 Å². The number of aliphatic hydroxyl groups excluding tert-OH is 6. The minimum absolute atomic E-state index is 0.0186. The van der Waals surface area contributed by atoms with E-state index in [4.69, 9.17) is 23.7 Å². The van der Waals surface area contributed by atoms with Crippen molar-refractivity contribution in [2.75, 3.05) is 13.2 Å². The summed E-state index contributed by atoms with van der Waals surface area (Å²) in [4.78, 5) is 38.4. The third-order valence-electron chi connectivity index (χ3n) is 17.4. The molecule has 2 aliphatic heterocycles. The zero-order valence-electron chi connectivity index (χ0n) is 35.1. The molecule has 5 aliphatic carbocycles. The predicted molar refractivity (Wildman–Crippen MR) is 203 cm³/mol. The summed E-state index contributed by atoms with van der Waals surface area (Å²) in [5.41, 5.74) is -3.87. The van der Waals surface area contributed by atoms with Gasteiger partial charge in [0, 0.05) is 17.9 Å². The smallest absolute Gasteiger partial charge is 0.335 e. The molecule has 4 saturated carbocycles. The average molecular weight is 821 g/mol. The lowest BCUT2D eigenvalue weighted by Crippen LogP contribution is -2.74. The van der Waals surface area contributed by atoms with Crippen molar-refractivity contribution in [2.24, 2.45) is 50.2 Å². The Hall–Kier alpha value is -2.47. The van der Waals surface area contributed by atoms with E-state index in [9.17, 15) is 50.1 Å². The molecule has 7 N–H and O–H groups in total. The number of carboxylic acids is 1. The number of rotatable bonds is 8. The van der Waals surface area contributed by atoms with Gasteiger partial charge in [-0.3, -0.25) is 4.79 Å². The summed E-state index contributed by atoms with van der Waals surface area (Å²) in [6.07, 6.45) is -5.58. The second-order valence-electron chi connectivity index (χ2n) is 20.1. The third-order valence-corrected chi connectivity index (χ3v) is 17.4. The zero-order valence-corrected chi connectivity index (χ0v) is 35.1. The SMILES string of the molecule is C/C=C(/C)C(=O)O[C@@H]1[C@]2(CO)[C@@H]3O[C@]1(OC(C)=O)[C@](C)(CO)C[C@H]2C1=CC[C@@H]2[C@@]4(C)CC[C@H](O[C@@H]5O[C@H](C(=O)O)[C@@H](O)[C@H](O)[C@H]5O)C(C)(C)[C@@H]4CC[C@@]2(C)[C@]1(C)[C@H]3O. The van der Waals surface area contributed by atoms with Gasteiger partial charge in [-0.25, -0.2) is 9.59 Å². The lowest BCUT2D eigenvalue weighted by atomic mass is 9.32. The topological polar surface area (TPSA) is 239 Å². The molecule has 0 radical (unpaired) electrons. The van der Waals surface area contributed by atoms with Crippen molar-refractivity contribution in [3.63, 3.8) is 0 Å². The summed E-state index contributed by atoms with van der Waals surface area (Å²) >= 11 is 0. The number of aliphatic carboxylic acids is 1. The van der Waals surface area contributed by atoms with Crippen LogP contribution in [0.4, 0.5) is 0 Å². The van der Waals surface area contributed by atoms with E-state index in [1.165, 1.54) is 6.92 Å². The van der Waals surface area contributed by atoms with Gasteiger partial charge in [-0.1, -0.05) is 59.3 Å². The maximum absolute atomic E-state index is 13.6. The van der Waals surface area contributed by atoms with Crippen LogP contribution in [0.15, 0.2) is 23.3 Å². The van der Waals surface area contributed by atoms with Gasteiger partial charge in [-0.2, -0.15) is 0 Å². The first-order valence-corrected chi connectivity index (χ1v) is 20.8. The average Bonchev–Trinajstić information content (AvgIpc) is 3.40. The fourth-order valence-electron chi connectivity index (χ4n) is 14.0. The van der Waals surface area contributed by atoms with Crippen molar-refractivity contribution < 1.29 is 73.8 Å². The van der Waals surface area contributed by atoms with Gasteiger partial charge in [0.05, 0.1) is 36.3 Å². The lowest BCUT2D eigenvalue weighted by Gasteiger charge is -2.72. The van der Waals surface area contributed by atoms with Gasteiger partial charge >= 0.3 is 17.9 Å². The molecular formula is C43H64O15. The zero-order chi connectivity index (χ0) is 42.9. The Bertz CT molecular complexity index is 1760. The first-order chi connectivity index (χ1) is 26.9. The van der Waals surface area contributed by atoms with Crippen molar-refractivity contribution in [3.05, 3.63) is 23.3 Å². The van der Waals surface area contributed by atoms with Crippen LogP contribution in [0.3, 0.4) is 0 Å². The fraction of sp³-hybridized carbons (Fsp3) is 0.837. The van der Waals surface area contributed by atoms with E-state index in [1.54, 1.807) is 26.8 Å². The number of hydrogen-bond donors (Lipinski definition) is 7. The van der Waals surface area contributed by atoms with Crippen LogP contribution in [0.25, 0.3) is 0 Å². The maximum atomic E-state index is 13.6. The number of aliphatic hydroxyl groups is 6. The molecule has 2 saturated heterocycles. The molecule has 15 heteroatoms. The Labute approximate surface area is 339 Å². The molecule has 2 heterocycles. The van der Waals surface area contributed by atoms with Crippen LogP contribution in [0.2, 0.25) is 0 Å². The minimum Gasteiger partial charge on any atom is -0.479 e. The van der Waals surface area contributed by atoms with Crippen LogP contribution < -0.4 is 0 Å². The van der Waals surface area contributed by atoms with Crippen molar-refractivity contribution in [2.45, 2.75) is 162 Å². The summed E-state index contributed by atoms with van der Waals surface area (Å²) in [6, 6.07) is 0. The minimum atomic E-state index is -2.02. The molecule has 6 fully saturated rings. The Balaban J connectivity index is 1.27. The molecule has 0 aromatic heterocycles. The normalized spacial score (nSPS) is 51.7. The summed E-state index contributed by atoms with van der Waals surface area (Å²) in [5.74, 6) is -5.39. The van der Waals surface area contributed by atoms with Gasteiger partial charge in [0.2, 0.25) is 0 Å². The van der Waals surface area contributed by atoms with Gasteiger partial charge in [0.1, 0.15) is 24.4 Å². The van der Waals surface area contributed by atoms with E-state index in [2.05, 4.69) is 40.7 Å². The van der Waals surface area contributed by atoms with E-state index in [0.717, 1.165) is 12.0 Å². The number of carboxylic acid groups (broad SMARTS) is 1. The van der Waals surface area contributed by atoms with Crippen molar-refractivity contribution >= 4 is 17.9 Å². The molecular weight excluding hydrogens is 756 g/mol. The Kier molecular flexibility index (Phi) is 10.6. The largest absolute Gasteiger partial charge is 0.479 e. The van der Waals surface area contributed by atoms with Crippen LogP contribution in [0.1, 0.15) is 101 Å². The molecule has 7 rings (SSSR count). The highest BCUT2D eigenvalue weighted by Gasteiger charge is 2.85. The highest BCUT2D eigenvalue weighted by molar-refractivity contribution is 5.88. The number of hydrogen-bond acceptors (Lipinski definition) is 14. The Morgan fingerprint density at radius 1 is 0.914 bits per heavy atom. The van der Waals surface area contributed by atoms with E-state index in [-0.39, 0.29) is 23.7 Å². The molecule has 326 valence electrons. The quantitative estimate of drug-likeness (QED) is 0.0806. The number of carbonyl (C=O) groups is 3. The van der Waals surface area contributed by atoms with Crippen LogP contribution >= 0.6 is 0 Å². The third kappa shape index (κ3) is 5.39. The van der Waals surface area contributed by atoms with Crippen molar-refractivity contribution in [1.29, 1.82) is 0 Å². The number of allylic oxidation sites excluding steroid dienone is 2. The van der Waals surface area contributed by atoms with Crippen molar-refractivity contribution in [3.8, 4) is 0 Å². The highest BCUT2D eigenvalue weighted by Crippen LogP contribution is 2.79. The maximum Gasteiger partial charge on any atom is 0.335 e. The Morgan fingerprint density at radius 2 is 1.59 bits per heavy atom. The predicted octanol–water partition coefficient (Wildman–Crippen LogP) is 2.37. The second-order valence-corrected chi connectivity index (χ2v) is 20.1. The molecule has 0 unspecified atom stereocenters. The summed E-state index contributed by atoms with van der Waals surface area (Å²) in [5, 5.41) is 77.0. The number of fused-ring (bicyclic) bond motifs is 7. The van der Waals surface area contributed by atoms with E-state index in [1.807, 2.05) is 0 Å². The molecule has 0 aromatic rings. The first kappa shape index (κ1) is 43.6. The van der Waals surface area contributed by atoms with E-state index >= 15 is 0 Å². The standard InChI is InChI=1S/C43H64O15/c1-10-20(2)34(53)56-36-42(19-45)23-17-38(6,18-44)43(36,57-21(3)46)58-32(42)31(50)41(9)22(23)11-12-25-39(7)15-14-26(37(4,5)24(39)13-16-40(25,41)8)54-35-29(49)27(47)28(48)30(55-35)33(51)52/h10-11,23-32,35-36,44-45,47-50H,12-19H2,1-9H3,(H,51,52)/b20-10-/t23-,24-,25+,26-,27-,28-,29+,30-,31-,32+,35+,36+,38-,39-,40+,41-,42-,43-/m0/s1. The number of ether oxygens (including phenoxy) is 5. The first-order valence-electron chi connectivity index (χ1n) is 20.8. The van der Waals surface area contributed by atoms with Gasteiger partial charge < -0.3 is 59.4 Å². The fourth-order valence-corrected chi connectivity index (χ4v) is 14.0. The van der Waals surface area contributed by atoms with Crippen molar-refractivity contribution in [1.82, 2.24) is 0 Å². The molecule has 0 aromatic carbocycles. The number of esters is 2. The molecule has 58 heavy (non-hydrogen) atoms. The summed E-state index contributed by atoms with van der Waals surface area (Å²) < 4.78 is 31.1. The second kappa shape index (κ2) is 14.0. The van der Waals surface area contributed by atoms with E-state index < -0.39 is 125 Å². The summed E-state index contributed by atoms with van der Waals surface area (Å²) in [6.45, 7) is 15.9. The highest BCUT2D eigenvalue weighted by atomic mass is 16.8. The van der Waals surface area contributed by atoms with E-state index in [0.29, 0.717) is 31.3 Å². The van der Waals surface area contributed by atoms with Gasteiger partial charge in [0.25, 0.3) is 5.79 Å². The van der Waals surface area contributed by atoms with Gasteiger partial charge in [-0.15, -0.1) is 0 Å². The molecule has 18 atom stereocenters. The molecule has 0 amide bonds. The lowest BCUT2D eigenvalue weighted by molar-refractivity contribution is -0.325. The molecule has 7 aliphatic rings. The monoisotopic (exact) mass is 820 g/mol. The van der Waals surface area contributed by atoms with Crippen LogP contribution in [0, 0.1) is 50.2 Å².